The molecule has 0 aromatic carbocycles. The van der Waals surface area contributed by atoms with E-state index in [1.165, 1.54) is 12.8 Å². The first-order valence-electron chi connectivity index (χ1n) is 3.84. The molecule has 0 aliphatic carbocycles. The summed E-state index contributed by atoms with van der Waals surface area (Å²) in [7, 11) is 2.04. The van der Waals surface area contributed by atoms with Gasteiger partial charge in [-0.05, 0) is 6.42 Å². The number of unbranched alkanes of at least 4 members (excludes halogenated alkanes) is 1. The minimum atomic E-state index is 0. The van der Waals surface area contributed by atoms with Crippen LogP contribution in [0.2, 0.25) is 0 Å². The summed E-state index contributed by atoms with van der Waals surface area (Å²) in [6.07, 6.45) is 8.82. The van der Waals surface area contributed by atoms with E-state index in [-0.39, 0.29) is 42.2 Å². The van der Waals surface area contributed by atoms with Crippen molar-refractivity contribution in [1.82, 2.24) is 4.57 Å². The lowest BCUT2D eigenvalue weighted by Gasteiger charge is -1.90. The van der Waals surface area contributed by atoms with Gasteiger partial charge in [0.15, 0.2) is 17.4 Å². The topological polar surface area (TPSA) is 8.81 Å². The standard InChI is InChI=1S/C8H15N2.Al.2ClH.3H/c1-3-4-5-10-7-6-9(2)8-10;;;;;;/h6-8H,3-5H2,1-2H3;;2*1H;;;/q+1;;;;;;. The predicted octanol–water partition coefficient (Wildman–Crippen LogP) is 0.772. The number of nitrogens with zero attached hydrogens (tertiary/aromatic N) is 2. The molecule has 1 aromatic rings. The molecule has 1 heterocycles. The molecule has 0 amide bonds. The van der Waals surface area contributed by atoms with Crippen molar-refractivity contribution in [2.45, 2.75) is 26.3 Å². The molecule has 0 atom stereocenters. The van der Waals surface area contributed by atoms with Gasteiger partial charge in [-0.2, -0.15) is 0 Å². The second kappa shape index (κ2) is 10.4. The molecule has 0 bridgehead atoms. The minimum Gasteiger partial charge on any atom is -0.240 e. The van der Waals surface area contributed by atoms with Gasteiger partial charge in [0.05, 0.1) is 13.6 Å². The second-order valence-corrected chi connectivity index (χ2v) is 2.67. The minimum absolute atomic E-state index is 0. The first-order valence-corrected chi connectivity index (χ1v) is 3.84. The highest BCUT2D eigenvalue weighted by molar-refractivity contribution is 5.85. The first-order chi connectivity index (χ1) is 4.83. The summed E-state index contributed by atoms with van der Waals surface area (Å²) in [5.41, 5.74) is 0. The van der Waals surface area contributed by atoms with Crippen LogP contribution in [0, 0.1) is 0 Å². The van der Waals surface area contributed by atoms with Gasteiger partial charge >= 0.3 is 0 Å². The molecule has 0 N–H and O–H groups in total. The van der Waals surface area contributed by atoms with Gasteiger partial charge in [0.1, 0.15) is 12.4 Å². The lowest BCUT2D eigenvalue weighted by atomic mass is 10.3. The monoisotopic (exact) mass is 241 g/mol. The van der Waals surface area contributed by atoms with Gasteiger partial charge in [-0.25, -0.2) is 9.13 Å². The number of aromatic nitrogens is 2. The number of hydrogen-bond acceptors (Lipinski definition) is 0. The van der Waals surface area contributed by atoms with Crippen LogP contribution >= 0.6 is 24.8 Å². The highest BCUT2D eigenvalue weighted by atomic mass is 35.5. The third-order valence-electron chi connectivity index (χ3n) is 1.59. The van der Waals surface area contributed by atoms with Gasteiger partial charge in [-0.15, -0.1) is 24.8 Å². The van der Waals surface area contributed by atoms with Crippen LogP contribution in [-0.2, 0) is 13.6 Å². The molecule has 0 unspecified atom stereocenters. The van der Waals surface area contributed by atoms with Crippen molar-refractivity contribution < 1.29 is 4.57 Å². The van der Waals surface area contributed by atoms with Crippen LogP contribution in [0.5, 0.6) is 0 Å². The largest absolute Gasteiger partial charge is 0.243 e. The molecular formula is C8H20AlCl2N2+. The summed E-state index contributed by atoms with van der Waals surface area (Å²) in [5.74, 6) is 0. The molecule has 0 fully saturated rings. The first kappa shape index (κ1) is 19.0. The molecule has 0 spiro atoms. The molecule has 13 heavy (non-hydrogen) atoms. The van der Waals surface area contributed by atoms with Crippen LogP contribution in [0.3, 0.4) is 0 Å². The van der Waals surface area contributed by atoms with E-state index in [0.717, 1.165) is 6.54 Å². The molecule has 1 aromatic heterocycles. The maximum absolute atomic E-state index is 2.21. The van der Waals surface area contributed by atoms with Gasteiger partial charge in [0.25, 0.3) is 0 Å². The van der Waals surface area contributed by atoms with Gasteiger partial charge < -0.3 is 0 Å². The Labute approximate surface area is 103 Å². The lowest BCUT2D eigenvalue weighted by Crippen LogP contribution is -2.30. The average molecular weight is 242 g/mol. The quantitative estimate of drug-likeness (QED) is 0.547. The molecular weight excluding hydrogens is 222 g/mol. The molecule has 0 aliphatic heterocycles. The van der Waals surface area contributed by atoms with E-state index >= 15 is 0 Å². The maximum Gasteiger partial charge on any atom is 0.243 e. The summed E-state index contributed by atoms with van der Waals surface area (Å²) in [4.78, 5) is 0. The molecule has 2 nitrogen and oxygen atoms in total. The predicted molar refractivity (Wildman–Crippen MR) is 65.0 cm³/mol. The van der Waals surface area contributed by atoms with Crippen LogP contribution in [0.15, 0.2) is 18.7 Å². The highest BCUT2D eigenvalue weighted by Crippen LogP contribution is 1.85. The molecule has 0 aliphatic rings. The summed E-state index contributed by atoms with van der Waals surface area (Å²) < 4.78 is 4.28. The van der Waals surface area contributed by atoms with Gasteiger partial charge in [-0.3, -0.25) is 0 Å². The van der Waals surface area contributed by atoms with E-state index in [1.54, 1.807) is 0 Å². The Balaban J connectivity index is -0.000000333. The Morgan fingerprint density at radius 2 is 1.92 bits per heavy atom. The zero-order chi connectivity index (χ0) is 7.40. The highest BCUT2D eigenvalue weighted by Gasteiger charge is 1.96. The number of rotatable bonds is 3. The number of imidazole rings is 1. The Morgan fingerprint density at radius 3 is 2.31 bits per heavy atom. The Morgan fingerprint density at radius 1 is 1.31 bits per heavy atom. The molecule has 1 rings (SSSR count). The molecule has 0 radical (unpaired) electrons. The zero-order valence-electron chi connectivity index (χ0n) is 7.56. The van der Waals surface area contributed by atoms with Crippen LogP contribution in [-0.4, -0.2) is 21.9 Å². The van der Waals surface area contributed by atoms with Crippen molar-refractivity contribution in [1.29, 1.82) is 0 Å². The number of hydrogen-bond donors (Lipinski definition) is 0. The third kappa shape index (κ3) is 7.40. The van der Waals surface area contributed by atoms with Crippen molar-refractivity contribution in [3.05, 3.63) is 18.7 Å². The lowest BCUT2D eigenvalue weighted by molar-refractivity contribution is -0.696. The SMILES string of the molecule is CCCC[n+]1ccn(C)c1.Cl.Cl.[AlH3]. The smallest absolute Gasteiger partial charge is 0.240 e. The zero-order valence-corrected chi connectivity index (χ0v) is 9.20. The van der Waals surface area contributed by atoms with Crippen molar-refractivity contribution >= 4 is 42.2 Å². The van der Waals surface area contributed by atoms with Gasteiger partial charge in [-0.1, -0.05) is 13.3 Å². The third-order valence-corrected chi connectivity index (χ3v) is 1.59. The average Bonchev–Trinajstić information content (AvgIpc) is 2.31. The van der Waals surface area contributed by atoms with Gasteiger partial charge in [0, 0.05) is 0 Å². The fraction of sp³-hybridized carbons (Fsp3) is 0.625. The molecule has 78 valence electrons. The van der Waals surface area contributed by atoms with E-state index in [2.05, 4.69) is 34.8 Å². The van der Waals surface area contributed by atoms with Crippen molar-refractivity contribution in [3.8, 4) is 0 Å². The van der Waals surface area contributed by atoms with Crippen molar-refractivity contribution in [3.63, 3.8) is 0 Å². The Kier molecular flexibility index (Phi) is 15.2. The molecule has 5 heteroatoms. The summed E-state index contributed by atoms with van der Waals surface area (Å²) in [5, 5.41) is 0. The Bertz CT molecular complexity index is 204. The number of aryl methyl sites for hydroxylation is 2. The van der Waals surface area contributed by atoms with E-state index in [0.29, 0.717) is 0 Å². The van der Waals surface area contributed by atoms with Crippen LogP contribution in [0.25, 0.3) is 0 Å². The normalized spacial score (nSPS) is 7.85. The fourth-order valence-electron chi connectivity index (χ4n) is 0.975. The van der Waals surface area contributed by atoms with E-state index in [9.17, 15) is 0 Å². The molecule has 0 saturated carbocycles. The maximum atomic E-state index is 2.21. The van der Waals surface area contributed by atoms with E-state index in [1.807, 2.05) is 7.05 Å². The van der Waals surface area contributed by atoms with Crippen LogP contribution in [0.4, 0.5) is 0 Å². The van der Waals surface area contributed by atoms with Gasteiger partial charge in [0.2, 0.25) is 6.33 Å². The van der Waals surface area contributed by atoms with Crippen molar-refractivity contribution in [2.75, 3.05) is 0 Å². The summed E-state index contributed by atoms with van der Waals surface area (Å²) in [6, 6.07) is 0. The summed E-state index contributed by atoms with van der Waals surface area (Å²) in [6.45, 7) is 3.36. The van der Waals surface area contributed by atoms with Crippen LogP contribution < -0.4 is 4.57 Å². The van der Waals surface area contributed by atoms with Crippen LogP contribution in [0.1, 0.15) is 19.8 Å². The fourth-order valence-corrected chi connectivity index (χ4v) is 0.975. The Hall–Kier alpha value is 0.322. The molecule has 0 saturated heterocycles. The summed E-state index contributed by atoms with van der Waals surface area (Å²) >= 11 is 0. The van der Waals surface area contributed by atoms with E-state index in [4.69, 9.17) is 0 Å². The van der Waals surface area contributed by atoms with Crippen molar-refractivity contribution in [2.24, 2.45) is 7.05 Å². The second-order valence-electron chi connectivity index (χ2n) is 2.67. The van der Waals surface area contributed by atoms with E-state index < -0.39 is 0 Å². The number of halogens is 2.